The monoisotopic (exact) mass is 407 g/mol. The van der Waals surface area contributed by atoms with Gasteiger partial charge in [-0.25, -0.2) is 0 Å². The number of halogens is 2. The first-order valence-corrected chi connectivity index (χ1v) is 8.85. The third kappa shape index (κ3) is 6.67. The Balaban J connectivity index is 2.04. The van der Waals surface area contributed by atoms with Gasteiger partial charge in [0.05, 0.1) is 20.8 Å². The minimum Gasteiger partial charge on any atom is -0.497 e. The summed E-state index contributed by atoms with van der Waals surface area (Å²) in [6, 6.07) is 9.75. The van der Waals surface area contributed by atoms with Crippen LogP contribution in [-0.2, 0) is 11.3 Å². The molecular formula is C21H23F2NO5. The number of methoxy groups -OCH3 is 2. The smallest absolute Gasteiger partial charge is 0.387 e. The maximum absolute atomic E-state index is 12.5. The third-order valence-electron chi connectivity index (χ3n) is 3.85. The topological polar surface area (TPSA) is 66.0 Å². The van der Waals surface area contributed by atoms with Crippen LogP contribution < -0.4 is 24.3 Å². The van der Waals surface area contributed by atoms with Crippen LogP contribution in [0.15, 0.2) is 42.5 Å². The minimum atomic E-state index is -2.95. The van der Waals surface area contributed by atoms with Gasteiger partial charge in [-0.05, 0) is 48.9 Å². The summed E-state index contributed by atoms with van der Waals surface area (Å²) in [5.41, 5.74) is 1.37. The molecule has 2 aromatic rings. The van der Waals surface area contributed by atoms with Gasteiger partial charge in [-0.1, -0.05) is 6.07 Å². The van der Waals surface area contributed by atoms with Crippen LogP contribution >= 0.6 is 0 Å². The molecule has 1 amide bonds. The van der Waals surface area contributed by atoms with Crippen molar-refractivity contribution in [3.63, 3.8) is 0 Å². The minimum absolute atomic E-state index is 0.0615. The number of amides is 1. The molecule has 0 saturated carbocycles. The highest BCUT2D eigenvalue weighted by Crippen LogP contribution is 2.30. The van der Waals surface area contributed by atoms with E-state index in [2.05, 4.69) is 10.1 Å². The van der Waals surface area contributed by atoms with Crippen molar-refractivity contribution in [1.82, 2.24) is 5.32 Å². The largest absolute Gasteiger partial charge is 0.497 e. The van der Waals surface area contributed by atoms with Crippen molar-refractivity contribution < 1.29 is 32.5 Å². The summed E-state index contributed by atoms with van der Waals surface area (Å²) in [4.78, 5) is 12.1. The van der Waals surface area contributed by atoms with Crippen molar-refractivity contribution in [2.75, 3.05) is 20.8 Å². The second-order valence-electron chi connectivity index (χ2n) is 5.75. The number of rotatable bonds is 10. The summed E-state index contributed by atoms with van der Waals surface area (Å²) in [7, 11) is 3.10. The van der Waals surface area contributed by atoms with Gasteiger partial charge >= 0.3 is 6.61 Å². The van der Waals surface area contributed by atoms with Gasteiger partial charge in [0.25, 0.3) is 0 Å². The van der Waals surface area contributed by atoms with E-state index < -0.39 is 6.61 Å². The lowest BCUT2D eigenvalue weighted by Crippen LogP contribution is -2.20. The average molecular weight is 407 g/mol. The van der Waals surface area contributed by atoms with E-state index in [0.29, 0.717) is 17.1 Å². The highest BCUT2D eigenvalue weighted by molar-refractivity contribution is 5.91. The average Bonchev–Trinajstić information content (AvgIpc) is 2.71. The molecule has 0 atom stereocenters. The first-order chi connectivity index (χ1) is 14.0. The summed E-state index contributed by atoms with van der Waals surface area (Å²) in [6.07, 6.45) is 2.89. The van der Waals surface area contributed by atoms with E-state index in [1.165, 1.54) is 18.2 Å². The normalized spacial score (nSPS) is 10.8. The Bertz CT molecular complexity index is 855. The molecule has 0 aromatic heterocycles. The number of benzene rings is 2. The summed E-state index contributed by atoms with van der Waals surface area (Å²) in [6.45, 7) is -0.686. The number of nitrogens with one attached hydrogen (secondary N) is 1. The van der Waals surface area contributed by atoms with Gasteiger partial charge in [-0.3, -0.25) is 4.79 Å². The molecule has 0 spiro atoms. The number of hydrogen-bond acceptors (Lipinski definition) is 5. The van der Waals surface area contributed by atoms with E-state index >= 15 is 0 Å². The van der Waals surface area contributed by atoms with E-state index in [-0.39, 0.29) is 30.6 Å². The fourth-order valence-electron chi connectivity index (χ4n) is 2.52. The number of ether oxygens (including phenoxy) is 4. The molecule has 156 valence electrons. The fraction of sp³-hybridized carbons (Fsp3) is 0.286. The quantitative estimate of drug-likeness (QED) is 0.603. The van der Waals surface area contributed by atoms with Crippen LogP contribution in [-0.4, -0.2) is 33.3 Å². The van der Waals surface area contributed by atoms with Gasteiger partial charge in [0.15, 0.2) is 11.5 Å². The molecule has 0 aliphatic rings. The molecule has 2 rings (SSSR count). The Kier molecular flexibility index (Phi) is 8.27. The molecule has 0 aliphatic heterocycles. The van der Waals surface area contributed by atoms with Crippen molar-refractivity contribution in [3.05, 3.63) is 53.6 Å². The van der Waals surface area contributed by atoms with Gasteiger partial charge in [0, 0.05) is 18.2 Å². The Morgan fingerprint density at radius 2 is 1.83 bits per heavy atom. The first kappa shape index (κ1) is 22.0. The predicted molar refractivity (Wildman–Crippen MR) is 105 cm³/mol. The molecule has 0 aliphatic carbocycles. The van der Waals surface area contributed by atoms with Gasteiger partial charge in [0.2, 0.25) is 5.91 Å². The fourth-order valence-corrected chi connectivity index (χ4v) is 2.52. The van der Waals surface area contributed by atoms with Gasteiger partial charge in [0.1, 0.15) is 11.5 Å². The number of carbonyl (C=O) groups is 1. The Hall–Kier alpha value is -3.29. The second-order valence-corrected chi connectivity index (χ2v) is 5.75. The van der Waals surface area contributed by atoms with Crippen molar-refractivity contribution in [2.24, 2.45) is 0 Å². The molecule has 0 saturated heterocycles. The highest BCUT2D eigenvalue weighted by atomic mass is 19.3. The first-order valence-electron chi connectivity index (χ1n) is 8.85. The SMILES string of the molecule is CCOc1cc(/C=C/C(=O)NCc2cc(OC)ccc2OC)ccc1OC(F)F. The van der Waals surface area contributed by atoms with Gasteiger partial charge < -0.3 is 24.3 Å². The van der Waals surface area contributed by atoms with Crippen LogP contribution in [0.4, 0.5) is 8.78 Å². The van der Waals surface area contributed by atoms with Crippen molar-refractivity contribution in [2.45, 2.75) is 20.1 Å². The molecule has 2 aromatic carbocycles. The Morgan fingerprint density at radius 1 is 1.07 bits per heavy atom. The molecule has 0 fully saturated rings. The van der Waals surface area contributed by atoms with Crippen LogP contribution in [0, 0.1) is 0 Å². The van der Waals surface area contributed by atoms with Crippen molar-refractivity contribution in [1.29, 1.82) is 0 Å². The molecule has 0 bridgehead atoms. The zero-order chi connectivity index (χ0) is 21.2. The lowest BCUT2D eigenvalue weighted by atomic mass is 10.1. The maximum atomic E-state index is 12.5. The zero-order valence-electron chi connectivity index (χ0n) is 16.4. The van der Waals surface area contributed by atoms with Crippen molar-refractivity contribution >= 4 is 12.0 Å². The van der Waals surface area contributed by atoms with Gasteiger partial charge in [-0.15, -0.1) is 0 Å². The van der Waals surface area contributed by atoms with E-state index in [1.54, 1.807) is 51.5 Å². The second kappa shape index (κ2) is 10.9. The summed E-state index contributed by atoms with van der Waals surface area (Å²) >= 11 is 0. The summed E-state index contributed by atoms with van der Waals surface area (Å²) < 4.78 is 45.1. The van der Waals surface area contributed by atoms with E-state index in [1.807, 2.05) is 0 Å². The number of carbonyl (C=O) groups excluding carboxylic acids is 1. The molecule has 8 heteroatoms. The van der Waals surface area contributed by atoms with Crippen LogP contribution in [0.3, 0.4) is 0 Å². The van der Waals surface area contributed by atoms with Crippen LogP contribution in [0.5, 0.6) is 23.0 Å². The highest BCUT2D eigenvalue weighted by Gasteiger charge is 2.11. The third-order valence-corrected chi connectivity index (χ3v) is 3.85. The maximum Gasteiger partial charge on any atom is 0.387 e. The zero-order valence-corrected chi connectivity index (χ0v) is 16.4. The molecule has 6 nitrogen and oxygen atoms in total. The van der Waals surface area contributed by atoms with Crippen molar-refractivity contribution in [3.8, 4) is 23.0 Å². The summed E-state index contributed by atoms with van der Waals surface area (Å²) in [5.74, 6) is 1.07. The molecular weight excluding hydrogens is 384 g/mol. The molecule has 0 unspecified atom stereocenters. The van der Waals surface area contributed by atoms with Crippen LogP contribution in [0.2, 0.25) is 0 Å². The van der Waals surface area contributed by atoms with E-state index in [9.17, 15) is 13.6 Å². The van der Waals surface area contributed by atoms with Crippen LogP contribution in [0.25, 0.3) is 6.08 Å². The Morgan fingerprint density at radius 3 is 2.48 bits per heavy atom. The Labute approximate surface area is 168 Å². The van der Waals surface area contributed by atoms with E-state index in [4.69, 9.17) is 14.2 Å². The van der Waals surface area contributed by atoms with Gasteiger partial charge in [-0.2, -0.15) is 8.78 Å². The summed E-state index contributed by atoms with van der Waals surface area (Å²) in [5, 5.41) is 2.76. The number of hydrogen-bond donors (Lipinski definition) is 1. The lowest BCUT2D eigenvalue weighted by Gasteiger charge is -2.12. The van der Waals surface area contributed by atoms with E-state index in [0.717, 1.165) is 5.56 Å². The van der Waals surface area contributed by atoms with Crippen LogP contribution in [0.1, 0.15) is 18.1 Å². The number of alkyl halides is 2. The predicted octanol–water partition coefficient (Wildman–Crippen LogP) is 4.03. The molecule has 0 heterocycles. The lowest BCUT2D eigenvalue weighted by molar-refractivity contribution is -0.116. The standard InChI is InChI=1S/C21H23F2NO5/c1-4-28-19-11-14(5-8-18(19)29-21(22)23)6-10-20(25)24-13-15-12-16(26-2)7-9-17(15)27-3/h5-12,21H,4,13H2,1-3H3,(H,24,25)/b10-6+. The molecule has 1 N–H and O–H groups in total. The molecule has 29 heavy (non-hydrogen) atoms. The molecule has 0 radical (unpaired) electrons.